The van der Waals surface area contributed by atoms with E-state index in [9.17, 15) is 13.2 Å². The van der Waals surface area contributed by atoms with Crippen LogP contribution in [0.1, 0.15) is 26.7 Å². The van der Waals surface area contributed by atoms with E-state index in [0.717, 1.165) is 7.11 Å². The van der Waals surface area contributed by atoms with Gasteiger partial charge in [0.2, 0.25) is 10.0 Å². The minimum absolute atomic E-state index is 0.0730. The van der Waals surface area contributed by atoms with Crippen LogP contribution < -0.4 is 4.72 Å². The van der Waals surface area contributed by atoms with Gasteiger partial charge >= 0.3 is 5.97 Å². The molecule has 0 aliphatic carbocycles. The number of carbonyl (C=O) groups is 1. The van der Waals surface area contributed by atoms with Crippen LogP contribution in [0.4, 0.5) is 0 Å². The maximum atomic E-state index is 11.7. The lowest BCUT2D eigenvalue weighted by molar-refractivity contribution is -0.139. The van der Waals surface area contributed by atoms with E-state index < -0.39 is 27.3 Å². The Balaban J connectivity index is 4.68. The average molecular weight is 248 g/mol. The number of nitrogens with zero attached hydrogens (tertiary/aromatic N) is 1. The third-order valence-electron chi connectivity index (χ3n) is 2.16. The van der Waals surface area contributed by atoms with Gasteiger partial charge in [-0.1, -0.05) is 6.92 Å². The first kappa shape index (κ1) is 14.9. The van der Waals surface area contributed by atoms with Crippen LogP contribution in [0.2, 0.25) is 0 Å². The molecule has 0 radical (unpaired) electrons. The summed E-state index contributed by atoms with van der Waals surface area (Å²) in [6, 6.07) is 1.41. The number of carbonyl (C=O) groups excluding carboxylic acids is 1. The number of esters is 1. The number of sulfonamides is 1. The lowest BCUT2D eigenvalue weighted by Crippen LogP contribution is -2.43. The average Bonchev–Trinajstić information content (AvgIpc) is 2.26. The monoisotopic (exact) mass is 248 g/mol. The molecule has 0 rings (SSSR count). The lowest BCUT2D eigenvalue weighted by atomic mass is 10.2. The Morgan fingerprint density at radius 1 is 1.56 bits per heavy atom. The number of rotatable bonds is 6. The van der Waals surface area contributed by atoms with Crippen LogP contribution in [0.3, 0.4) is 0 Å². The molecule has 6 nitrogen and oxygen atoms in total. The fourth-order valence-electron chi connectivity index (χ4n) is 1.01. The minimum Gasteiger partial charge on any atom is -0.468 e. The van der Waals surface area contributed by atoms with Crippen molar-refractivity contribution in [2.45, 2.75) is 38.0 Å². The van der Waals surface area contributed by atoms with Crippen LogP contribution >= 0.6 is 0 Å². The van der Waals surface area contributed by atoms with Gasteiger partial charge in [-0.05, 0) is 13.3 Å². The number of nitrogens with one attached hydrogen (secondary N) is 1. The second kappa shape index (κ2) is 6.45. The molecule has 0 fully saturated rings. The van der Waals surface area contributed by atoms with E-state index in [1.54, 1.807) is 6.92 Å². The summed E-state index contributed by atoms with van der Waals surface area (Å²) in [5, 5.41) is 7.21. The van der Waals surface area contributed by atoms with Crippen LogP contribution in [0.25, 0.3) is 0 Å². The van der Waals surface area contributed by atoms with Gasteiger partial charge in [-0.2, -0.15) is 5.26 Å². The molecule has 0 aliphatic heterocycles. The van der Waals surface area contributed by atoms with Gasteiger partial charge in [-0.25, -0.2) is 13.1 Å². The van der Waals surface area contributed by atoms with Crippen LogP contribution in [0.15, 0.2) is 0 Å². The van der Waals surface area contributed by atoms with Crippen molar-refractivity contribution in [3.63, 3.8) is 0 Å². The van der Waals surface area contributed by atoms with Crippen molar-refractivity contribution in [3.05, 3.63) is 0 Å². The molecule has 7 heteroatoms. The Kier molecular flexibility index (Phi) is 6.00. The second-order valence-electron chi connectivity index (χ2n) is 3.30. The van der Waals surface area contributed by atoms with E-state index in [-0.39, 0.29) is 6.42 Å². The van der Waals surface area contributed by atoms with E-state index in [0.29, 0.717) is 6.42 Å². The molecule has 0 aromatic heterocycles. The Hall–Kier alpha value is -1.13. The molecule has 0 spiro atoms. The van der Waals surface area contributed by atoms with E-state index in [1.807, 2.05) is 6.07 Å². The Morgan fingerprint density at radius 3 is 2.50 bits per heavy atom. The summed E-state index contributed by atoms with van der Waals surface area (Å²) in [6.07, 6.45) is 0.560. The highest BCUT2D eigenvalue weighted by Gasteiger charge is 2.30. The minimum atomic E-state index is -3.78. The molecule has 0 aromatic carbocycles. The highest BCUT2D eigenvalue weighted by molar-refractivity contribution is 7.90. The Morgan fingerprint density at radius 2 is 2.12 bits per heavy atom. The molecule has 0 aliphatic rings. The molecule has 2 unspecified atom stereocenters. The first-order valence-corrected chi connectivity index (χ1v) is 6.39. The largest absolute Gasteiger partial charge is 0.468 e. The SMILES string of the molecule is CCC(CC#N)NS(=O)(=O)C(C)C(=O)OC. The van der Waals surface area contributed by atoms with Crippen LogP contribution in [0, 0.1) is 11.3 Å². The molecular weight excluding hydrogens is 232 g/mol. The normalized spacial score (nSPS) is 14.9. The molecule has 0 heterocycles. The predicted molar refractivity (Wildman–Crippen MR) is 57.8 cm³/mol. The molecule has 16 heavy (non-hydrogen) atoms. The number of hydrogen-bond acceptors (Lipinski definition) is 5. The summed E-state index contributed by atoms with van der Waals surface area (Å²) in [5.74, 6) is -0.820. The summed E-state index contributed by atoms with van der Waals surface area (Å²) in [4.78, 5) is 11.1. The van der Waals surface area contributed by atoms with Crippen LogP contribution in [-0.2, 0) is 19.6 Å². The van der Waals surface area contributed by atoms with Gasteiger partial charge in [0.25, 0.3) is 0 Å². The second-order valence-corrected chi connectivity index (χ2v) is 5.33. The topological polar surface area (TPSA) is 96.3 Å². The zero-order valence-corrected chi connectivity index (χ0v) is 10.4. The fraction of sp³-hybridized carbons (Fsp3) is 0.778. The quantitative estimate of drug-likeness (QED) is 0.675. The van der Waals surface area contributed by atoms with Crippen molar-refractivity contribution < 1.29 is 17.9 Å². The number of hydrogen-bond donors (Lipinski definition) is 1. The highest BCUT2D eigenvalue weighted by atomic mass is 32.2. The first-order valence-electron chi connectivity index (χ1n) is 4.85. The molecule has 0 bridgehead atoms. The fourth-order valence-corrected chi connectivity index (χ4v) is 2.27. The van der Waals surface area contributed by atoms with E-state index in [4.69, 9.17) is 5.26 Å². The molecule has 0 aromatic rings. The highest BCUT2D eigenvalue weighted by Crippen LogP contribution is 2.05. The third-order valence-corrected chi connectivity index (χ3v) is 3.95. The maximum Gasteiger partial charge on any atom is 0.325 e. The molecular formula is C9H16N2O4S. The zero-order chi connectivity index (χ0) is 12.8. The van der Waals surface area contributed by atoms with Gasteiger partial charge in [0.1, 0.15) is 0 Å². The van der Waals surface area contributed by atoms with Gasteiger partial charge in [0, 0.05) is 6.04 Å². The van der Waals surface area contributed by atoms with Gasteiger partial charge < -0.3 is 4.74 Å². The van der Waals surface area contributed by atoms with Crippen molar-refractivity contribution in [2.75, 3.05) is 7.11 Å². The van der Waals surface area contributed by atoms with Crippen molar-refractivity contribution in [3.8, 4) is 6.07 Å². The van der Waals surface area contributed by atoms with E-state index in [1.165, 1.54) is 6.92 Å². The van der Waals surface area contributed by atoms with Gasteiger partial charge in [0.15, 0.2) is 5.25 Å². The van der Waals surface area contributed by atoms with Crippen molar-refractivity contribution in [1.29, 1.82) is 5.26 Å². The zero-order valence-electron chi connectivity index (χ0n) is 9.56. The predicted octanol–water partition coefficient (Wildman–Crippen LogP) is 0.160. The molecule has 92 valence electrons. The summed E-state index contributed by atoms with van der Waals surface area (Å²) in [7, 11) is -2.65. The summed E-state index contributed by atoms with van der Waals surface area (Å²) >= 11 is 0. The van der Waals surface area contributed by atoms with Crippen LogP contribution in [-0.4, -0.2) is 32.8 Å². The van der Waals surface area contributed by atoms with Gasteiger partial charge in [-0.3, -0.25) is 4.79 Å². The summed E-state index contributed by atoms with van der Waals surface area (Å²) in [6.45, 7) is 3.00. The van der Waals surface area contributed by atoms with Gasteiger partial charge in [-0.15, -0.1) is 0 Å². The molecule has 0 saturated heterocycles. The summed E-state index contributed by atoms with van der Waals surface area (Å²) < 4.78 is 30.0. The Bertz CT molecular complexity index is 371. The smallest absolute Gasteiger partial charge is 0.325 e. The van der Waals surface area contributed by atoms with E-state index in [2.05, 4.69) is 9.46 Å². The van der Waals surface area contributed by atoms with Crippen molar-refractivity contribution in [1.82, 2.24) is 4.72 Å². The number of methoxy groups -OCH3 is 1. The standard InChI is InChI=1S/C9H16N2O4S/c1-4-8(5-6-10)11-16(13,14)7(2)9(12)15-3/h7-8,11H,4-5H2,1-3H3. The molecule has 2 atom stereocenters. The van der Waals surface area contributed by atoms with Gasteiger partial charge in [0.05, 0.1) is 19.6 Å². The molecule has 0 saturated carbocycles. The molecule has 0 amide bonds. The van der Waals surface area contributed by atoms with Crippen molar-refractivity contribution in [2.24, 2.45) is 0 Å². The van der Waals surface area contributed by atoms with Crippen LogP contribution in [0.5, 0.6) is 0 Å². The number of ether oxygens (including phenoxy) is 1. The van der Waals surface area contributed by atoms with Crippen molar-refractivity contribution >= 4 is 16.0 Å². The molecule has 1 N–H and O–H groups in total. The lowest BCUT2D eigenvalue weighted by Gasteiger charge is -2.17. The van der Waals surface area contributed by atoms with E-state index >= 15 is 0 Å². The summed E-state index contributed by atoms with van der Waals surface area (Å²) in [5.41, 5.74) is 0. The first-order chi connectivity index (χ1) is 7.38. The maximum absolute atomic E-state index is 11.7. The Labute approximate surface area is 95.6 Å². The number of nitriles is 1. The third kappa shape index (κ3) is 4.16.